The molecule has 3 aromatic rings. The molecule has 108 valence electrons. The summed E-state index contributed by atoms with van der Waals surface area (Å²) in [5.41, 5.74) is 13.1. The Labute approximate surface area is 123 Å². The zero-order valence-corrected chi connectivity index (χ0v) is 12.4. The summed E-state index contributed by atoms with van der Waals surface area (Å²) in [5, 5.41) is 4.55. The Morgan fingerprint density at radius 1 is 1.24 bits per heavy atom. The Morgan fingerprint density at radius 3 is 2.86 bits per heavy atom. The third-order valence-corrected chi connectivity index (χ3v) is 4.40. The molecule has 1 aromatic carbocycles. The largest absolute Gasteiger partial charge is 0.369 e. The van der Waals surface area contributed by atoms with Crippen LogP contribution < -0.4 is 5.73 Å². The number of anilines is 1. The zero-order chi connectivity index (χ0) is 14.6. The minimum atomic E-state index is 0.533. The number of imidazole rings is 1. The van der Waals surface area contributed by atoms with Crippen LogP contribution in [0.4, 0.5) is 5.95 Å². The first kappa shape index (κ1) is 12.4. The van der Waals surface area contributed by atoms with Crippen molar-refractivity contribution in [2.45, 2.75) is 32.6 Å². The van der Waals surface area contributed by atoms with Gasteiger partial charge in [-0.2, -0.15) is 5.10 Å². The van der Waals surface area contributed by atoms with Gasteiger partial charge < -0.3 is 5.73 Å². The molecule has 1 aliphatic rings. The number of hydrogen-bond acceptors (Lipinski definition) is 3. The molecule has 0 amide bonds. The van der Waals surface area contributed by atoms with Crippen LogP contribution in [0.5, 0.6) is 0 Å². The Balaban J connectivity index is 1.98. The highest BCUT2D eigenvalue weighted by Gasteiger charge is 2.19. The molecular formula is C16H19N5. The predicted octanol–water partition coefficient (Wildman–Crippen LogP) is 2.39. The van der Waals surface area contributed by atoms with Gasteiger partial charge in [0, 0.05) is 7.05 Å². The molecule has 0 fully saturated rings. The lowest BCUT2D eigenvalue weighted by atomic mass is 10.1. The van der Waals surface area contributed by atoms with Crippen LogP contribution in [0, 0.1) is 0 Å². The fraction of sp³-hybridized carbons (Fsp3) is 0.375. The summed E-state index contributed by atoms with van der Waals surface area (Å²) in [4.78, 5) is 4.53. The molecule has 0 bridgehead atoms. The number of fused-ring (bicyclic) bond motifs is 2. The first-order chi connectivity index (χ1) is 10.2. The monoisotopic (exact) mass is 281 g/mol. The highest BCUT2D eigenvalue weighted by molar-refractivity contribution is 5.80. The van der Waals surface area contributed by atoms with E-state index >= 15 is 0 Å². The zero-order valence-electron chi connectivity index (χ0n) is 12.4. The average molecular weight is 281 g/mol. The summed E-state index contributed by atoms with van der Waals surface area (Å²) in [7, 11) is 1.95. The van der Waals surface area contributed by atoms with Gasteiger partial charge in [0.25, 0.3) is 0 Å². The van der Waals surface area contributed by atoms with Gasteiger partial charge in [-0.15, -0.1) is 0 Å². The van der Waals surface area contributed by atoms with Crippen molar-refractivity contribution in [1.82, 2.24) is 19.3 Å². The summed E-state index contributed by atoms with van der Waals surface area (Å²) in [6.45, 7) is 2.09. The van der Waals surface area contributed by atoms with Crippen molar-refractivity contribution in [3.05, 3.63) is 35.0 Å². The molecule has 2 heterocycles. The lowest BCUT2D eigenvalue weighted by Crippen LogP contribution is -2.05. The maximum absolute atomic E-state index is 6.18. The van der Waals surface area contributed by atoms with E-state index in [1.54, 1.807) is 0 Å². The minimum absolute atomic E-state index is 0.533. The van der Waals surface area contributed by atoms with Gasteiger partial charge in [0.1, 0.15) is 5.52 Å². The van der Waals surface area contributed by atoms with Crippen molar-refractivity contribution in [2.24, 2.45) is 7.05 Å². The van der Waals surface area contributed by atoms with Crippen molar-refractivity contribution in [1.29, 1.82) is 0 Å². The standard InChI is InChI=1S/C16H19N5/c1-3-13-14-15(20(2)19-13)21(16(17)18-14)12-8-7-10-5-4-6-11(10)9-12/h7-9H,3-6H2,1-2H3,(H2,17,18). The molecular weight excluding hydrogens is 262 g/mol. The van der Waals surface area contributed by atoms with Gasteiger partial charge in [-0.3, -0.25) is 4.57 Å². The van der Waals surface area contributed by atoms with Crippen molar-refractivity contribution < 1.29 is 0 Å². The Morgan fingerprint density at radius 2 is 2.05 bits per heavy atom. The summed E-state index contributed by atoms with van der Waals surface area (Å²) in [6, 6.07) is 6.61. The molecule has 2 N–H and O–H groups in total. The Kier molecular flexibility index (Phi) is 2.58. The molecule has 0 aliphatic heterocycles. The van der Waals surface area contributed by atoms with E-state index in [2.05, 4.69) is 35.2 Å². The lowest BCUT2D eigenvalue weighted by Gasteiger charge is -2.09. The molecule has 0 saturated heterocycles. The van der Waals surface area contributed by atoms with Gasteiger partial charge in [0.2, 0.25) is 5.95 Å². The second-order valence-electron chi connectivity index (χ2n) is 5.71. The first-order valence-corrected chi connectivity index (χ1v) is 7.51. The Hall–Kier alpha value is -2.30. The molecule has 0 saturated carbocycles. The van der Waals surface area contributed by atoms with Crippen molar-refractivity contribution in [3.8, 4) is 5.69 Å². The molecule has 0 atom stereocenters. The minimum Gasteiger partial charge on any atom is -0.369 e. The molecule has 0 spiro atoms. The van der Waals surface area contributed by atoms with Crippen LogP contribution in [0.15, 0.2) is 18.2 Å². The molecule has 1 aliphatic carbocycles. The topological polar surface area (TPSA) is 61.7 Å². The van der Waals surface area contributed by atoms with Gasteiger partial charge in [0.15, 0.2) is 5.65 Å². The number of benzene rings is 1. The highest BCUT2D eigenvalue weighted by atomic mass is 15.3. The molecule has 5 heteroatoms. The van der Waals surface area contributed by atoms with E-state index in [-0.39, 0.29) is 0 Å². The van der Waals surface area contributed by atoms with Gasteiger partial charge in [0.05, 0.1) is 11.4 Å². The quantitative estimate of drug-likeness (QED) is 0.784. The SMILES string of the molecule is CCc1nn(C)c2c1nc(N)n2-c1ccc2c(c1)CCC2. The number of aromatic nitrogens is 4. The summed E-state index contributed by atoms with van der Waals surface area (Å²) < 4.78 is 3.89. The number of nitrogens with two attached hydrogens (primary N) is 1. The van der Waals surface area contributed by atoms with Crippen LogP contribution in [0.1, 0.15) is 30.2 Å². The van der Waals surface area contributed by atoms with Crippen molar-refractivity contribution >= 4 is 17.1 Å². The number of nitrogens with zero attached hydrogens (tertiary/aromatic N) is 4. The van der Waals surface area contributed by atoms with Crippen LogP contribution in [0.25, 0.3) is 16.9 Å². The first-order valence-electron chi connectivity index (χ1n) is 7.51. The molecule has 2 aromatic heterocycles. The normalized spacial score (nSPS) is 14.0. The van der Waals surface area contributed by atoms with E-state index in [1.807, 2.05) is 16.3 Å². The van der Waals surface area contributed by atoms with E-state index in [0.717, 1.165) is 35.4 Å². The van der Waals surface area contributed by atoms with E-state index in [9.17, 15) is 0 Å². The smallest absolute Gasteiger partial charge is 0.207 e. The molecule has 0 radical (unpaired) electrons. The molecule has 0 unspecified atom stereocenters. The maximum Gasteiger partial charge on any atom is 0.207 e. The molecule has 5 nitrogen and oxygen atoms in total. The number of nitrogen functional groups attached to an aromatic ring is 1. The number of aryl methyl sites for hydroxylation is 4. The lowest BCUT2D eigenvalue weighted by molar-refractivity contribution is 0.751. The third kappa shape index (κ3) is 1.70. The van der Waals surface area contributed by atoms with Gasteiger partial charge in [-0.25, -0.2) is 9.67 Å². The summed E-state index contributed by atoms with van der Waals surface area (Å²) in [5.74, 6) is 0.533. The number of hydrogen-bond donors (Lipinski definition) is 1. The van der Waals surface area contributed by atoms with Gasteiger partial charge in [-0.05, 0) is 48.9 Å². The Bertz CT molecular complexity index is 840. The fourth-order valence-corrected chi connectivity index (χ4v) is 3.39. The van der Waals surface area contributed by atoms with Crippen molar-refractivity contribution in [2.75, 3.05) is 5.73 Å². The van der Waals surface area contributed by atoms with Crippen molar-refractivity contribution in [3.63, 3.8) is 0 Å². The fourth-order valence-electron chi connectivity index (χ4n) is 3.39. The van der Waals surface area contributed by atoms with Crippen LogP contribution >= 0.6 is 0 Å². The van der Waals surface area contributed by atoms with Crippen LogP contribution in [-0.2, 0) is 26.3 Å². The molecule has 21 heavy (non-hydrogen) atoms. The van der Waals surface area contributed by atoms with E-state index in [4.69, 9.17) is 5.73 Å². The van der Waals surface area contributed by atoms with Crippen LogP contribution in [-0.4, -0.2) is 19.3 Å². The van der Waals surface area contributed by atoms with E-state index < -0.39 is 0 Å². The third-order valence-electron chi connectivity index (χ3n) is 4.40. The predicted molar refractivity (Wildman–Crippen MR) is 83.7 cm³/mol. The highest BCUT2D eigenvalue weighted by Crippen LogP contribution is 2.29. The van der Waals surface area contributed by atoms with Gasteiger partial charge >= 0.3 is 0 Å². The van der Waals surface area contributed by atoms with Crippen LogP contribution in [0.2, 0.25) is 0 Å². The second-order valence-corrected chi connectivity index (χ2v) is 5.71. The maximum atomic E-state index is 6.18. The van der Waals surface area contributed by atoms with Gasteiger partial charge in [-0.1, -0.05) is 13.0 Å². The summed E-state index contributed by atoms with van der Waals surface area (Å²) in [6.07, 6.45) is 4.46. The number of rotatable bonds is 2. The van der Waals surface area contributed by atoms with E-state index in [1.165, 1.54) is 24.0 Å². The second kappa shape index (κ2) is 4.35. The molecule has 4 rings (SSSR count). The average Bonchev–Trinajstić information content (AvgIpc) is 3.13. The van der Waals surface area contributed by atoms with Crippen LogP contribution in [0.3, 0.4) is 0 Å². The summed E-state index contributed by atoms with van der Waals surface area (Å²) >= 11 is 0. The van der Waals surface area contributed by atoms with E-state index in [0.29, 0.717) is 5.95 Å².